The molecule has 9 nitrogen and oxygen atoms in total. The number of nitrogens with one attached hydrogen (secondary N) is 3. The van der Waals surface area contributed by atoms with Gasteiger partial charge in [-0.3, -0.25) is 19.8 Å². The molecule has 6 amide bonds. The van der Waals surface area contributed by atoms with Crippen LogP contribution in [-0.2, 0) is 15.1 Å². The van der Waals surface area contributed by atoms with E-state index in [1.54, 1.807) is 19.1 Å². The molecular weight excluding hydrogens is 316 g/mol. The highest BCUT2D eigenvalue weighted by Crippen LogP contribution is 2.29. The van der Waals surface area contributed by atoms with Gasteiger partial charge in [0.2, 0.25) is 5.91 Å². The number of furan rings is 1. The van der Waals surface area contributed by atoms with Crippen LogP contribution in [0, 0.1) is 6.92 Å². The summed E-state index contributed by atoms with van der Waals surface area (Å²) < 4.78 is 5.42. The molecule has 24 heavy (non-hydrogen) atoms. The second-order valence-electron chi connectivity index (χ2n) is 5.66. The van der Waals surface area contributed by atoms with Crippen LogP contribution < -0.4 is 16.0 Å². The highest BCUT2D eigenvalue weighted by Gasteiger charge is 2.51. The van der Waals surface area contributed by atoms with E-state index in [1.807, 2.05) is 6.92 Å². The van der Waals surface area contributed by atoms with Gasteiger partial charge in [-0.05, 0) is 32.4 Å². The van der Waals surface area contributed by atoms with Crippen molar-refractivity contribution in [3.63, 3.8) is 0 Å². The Labute approximate surface area is 138 Å². The highest BCUT2D eigenvalue weighted by atomic mass is 16.3. The van der Waals surface area contributed by atoms with Crippen LogP contribution in [0.2, 0.25) is 0 Å². The molecule has 3 N–H and O–H groups in total. The number of hydrogen-bond acceptors (Lipinski definition) is 5. The Kier molecular flexibility index (Phi) is 4.91. The maximum Gasteiger partial charge on any atom is 0.325 e. The molecule has 0 spiro atoms. The molecule has 9 heteroatoms. The lowest BCUT2D eigenvalue weighted by atomic mass is 9.99. The number of carbonyl (C=O) groups excluding carboxylic acids is 4. The second-order valence-corrected chi connectivity index (χ2v) is 5.66. The Morgan fingerprint density at radius 3 is 2.62 bits per heavy atom. The van der Waals surface area contributed by atoms with Gasteiger partial charge in [0.15, 0.2) is 5.54 Å². The fourth-order valence-electron chi connectivity index (χ4n) is 2.30. The molecule has 0 bridgehead atoms. The molecule has 130 valence electrons. The minimum absolute atomic E-state index is 0.280. The van der Waals surface area contributed by atoms with Gasteiger partial charge in [-0.2, -0.15) is 0 Å². The molecule has 1 fully saturated rings. The van der Waals surface area contributed by atoms with Gasteiger partial charge in [-0.15, -0.1) is 0 Å². The summed E-state index contributed by atoms with van der Waals surface area (Å²) in [5.41, 5.74) is -1.38. The smallest absolute Gasteiger partial charge is 0.325 e. The molecule has 1 aromatic heterocycles. The molecular formula is C15H20N4O5. The largest absolute Gasteiger partial charge is 0.463 e. The van der Waals surface area contributed by atoms with E-state index >= 15 is 0 Å². The molecule has 0 radical (unpaired) electrons. The molecule has 1 atom stereocenters. The van der Waals surface area contributed by atoms with Crippen molar-refractivity contribution in [2.45, 2.75) is 32.7 Å². The minimum atomic E-state index is -1.38. The Morgan fingerprint density at radius 1 is 1.33 bits per heavy atom. The summed E-state index contributed by atoms with van der Waals surface area (Å²) in [5.74, 6) is -0.503. The van der Waals surface area contributed by atoms with Crippen molar-refractivity contribution in [1.82, 2.24) is 20.9 Å². The van der Waals surface area contributed by atoms with Gasteiger partial charge in [0.1, 0.15) is 18.1 Å². The van der Waals surface area contributed by atoms with Crippen molar-refractivity contribution in [2.24, 2.45) is 0 Å². The SMILES string of the molecule is CCCNC(=O)NC(=O)CN1C(=O)NC(C)(c2ccc(C)o2)C1=O. The average Bonchev–Trinajstić information content (AvgIpc) is 3.04. The lowest BCUT2D eigenvalue weighted by Crippen LogP contribution is -2.47. The topological polar surface area (TPSA) is 121 Å². The summed E-state index contributed by atoms with van der Waals surface area (Å²) in [4.78, 5) is 48.6. The first kappa shape index (κ1) is 17.5. The van der Waals surface area contributed by atoms with Gasteiger partial charge in [-0.1, -0.05) is 6.92 Å². The van der Waals surface area contributed by atoms with Crippen LogP contribution in [0.1, 0.15) is 31.8 Å². The predicted molar refractivity (Wildman–Crippen MR) is 82.9 cm³/mol. The summed E-state index contributed by atoms with van der Waals surface area (Å²) in [6, 6.07) is 1.88. The van der Waals surface area contributed by atoms with E-state index in [1.165, 1.54) is 6.92 Å². The molecule has 1 unspecified atom stereocenters. The van der Waals surface area contributed by atoms with Gasteiger partial charge < -0.3 is 15.1 Å². The van der Waals surface area contributed by atoms with Crippen LogP contribution in [0.4, 0.5) is 9.59 Å². The molecule has 2 rings (SSSR count). The fourth-order valence-corrected chi connectivity index (χ4v) is 2.30. The number of nitrogens with zero attached hydrogens (tertiary/aromatic N) is 1. The number of carbonyl (C=O) groups is 4. The van der Waals surface area contributed by atoms with E-state index in [0.29, 0.717) is 12.3 Å². The van der Waals surface area contributed by atoms with Crippen LogP contribution >= 0.6 is 0 Å². The Bertz CT molecular complexity index is 683. The van der Waals surface area contributed by atoms with Crippen molar-refractivity contribution < 1.29 is 23.6 Å². The number of aryl methyl sites for hydroxylation is 1. The van der Waals surface area contributed by atoms with Crippen LogP contribution in [0.3, 0.4) is 0 Å². The minimum Gasteiger partial charge on any atom is -0.463 e. The maximum absolute atomic E-state index is 12.5. The summed E-state index contributed by atoms with van der Waals surface area (Å²) in [5, 5.41) is 7.05. The van der Waals surface area contributed by atoms with Crippen molar-refractivity contribution in [2.75, 3.05) is 13.1 Å². The molecule has 0 saturated carbocycles. The number of amides is 6. The van der Waals surface area contributed by atoms with Gasteiger partial charge in [0.05, 0.1) is 0 Å². The highest BCUT2D eigenvalue weighted by molar-refractivity contribution is 6.09. The van der Waals surface area contributed by atoms with Gasteiger partial charge in [0.25, 0.3) is 5.91 Å². The molecule has 1 aromatic rings. The van der Waals surface area contributed by atoms with Crippen molar-refractivity contribution in [3.8, 4) is 0 Å². The molecule has 0 aromatic carbocycles. The summed E-state index contributed by atoms with van der Waals surface area (Å²) in [6.45, 7) is 4.94. The zero-order valence-corrected chi connectivity index (χ0v) is 13.8. The third-order valence-electron chi connectivity index (χ3n) is 3.60. The normalized spacial score (nSPS) is 20.0. The molecule has 0 aliphatic carbocycles. The van der Waals surface area contributed by atoms with E-state index < -0.39 is 36.0 Å². The number of urea groups is 2. The van der Waals surface area contributed by atoms with E-state index in [0.717, 1.165) is 11.3 Å². The lowest BCUT2D eigenvalue weighted by Gasteiger charge is -2.18. The second kappa shape index (κ2) is 6.73. The third kappa shape index (κ3) is 3.39. The number of hydrogen-bond donors (Lipinski definition) is 3. The fraction of sp³-hybridized carbons (Fsp3) is 0.467. The zero-order chi connectivity index (χ0) is 17.9. The predicted octanol–water partition coefficient (Wildman–Crippen LogP) is 0.591. The quantitative estimate of drug-likeness (QED) is 0.680. The molecule has 1 aliphatic heterocycles. The Balaban J connectivity index is 2.04. The standard InChI is InChI=1S/C15H20N4O5/c1-4-7-16-13(22)17-11(20)8-19-12(21)15(3,18-14(19)23)10-6-5-9(2)24-10/h5-6H,4,7-8H2,1-3H3,(H,18,23)(H2,16,17,20,22). The van der Waals surface area contributed by atoms with Gasteiger partial charge in [0, 0.05) is 6.54 Å². The van der Waals surface area contributed by atoms with Gasteiger partial charge >= 0.3 is 12.1 Å². The lowest BCUT2D eigenvalue weighted by molar-refractivity contribution is -0.135. The summed E-state index contributed by atoms with van der Waals surface area (Å²) in [7, 11) is 0. The summed E-state index contributed by atoms with van der Waals surface area (Å²) >= 11 is 0. The van der Waals surface area contributed by atoms with Crippen LogP contribution in [0.25, 0.3) is 0 Å². The van der Waals surface area contributed by atoms with E-state index in [4.69, 9.17) is 4.42 Å². The van der Waals surface area contributed by atoms with Crippen molar-refractivity contribution in [3.05, 3.63) is 23.7 Å². The maximum atomic E-state index is 12.5. The Hall–Kier alpha value is -2.84. The van der Waals surface area contributed by atoms with Crippen LogP contribution in [0.5, 0.6) is 0 Å². The number of rotatable bonds is 5. The Morgan fingerprint density at radius 2 is 2.04 bits per heavy atom. The van der Waals surface area contributed by atoms with E-state index in [-0.39, 0.29) is 5.76 Å². The van der Waals surface area contributed by atoms with Crippen LogP contribution in [-0.4, -0.2) is 41.9 Å². The summed E-state index contributed by atoms with van der Waals surface area (Å²) in [6.07, 6.45) is 0.718. The first-order valence-corrected chi connectivity index (χ1v) is 7.56. The van der Waals surface area contributed by atoms with E-state index in [9.17, 15) is 19.2 Å². The van der Waals surface area contributed by atoms with Crippen LogP contribution in [0.15, 0.2) is 16.5 Å². The molecule has 1 saturated heterocycles. The first-order chi connectivity index (χ1) is 11.3. The zero-order valence-electron chi connectivity index (χ0n) is 13.8. The third-order valence-corrected chi connectivity index (χ3v) is 3.60. The van der Waals surface area contributed by atoms with Crippen molar-refractivity contribution >= 4 is 23.9 Å². The average molecular weight is 336 g/mol. The monoisotopic (exact) mass is 336 g/mol. The molecule has 1 aliphatic rings. The molecule has 2 heterocycles. The first-order valence-electron chi connectivity index (χ1n) is 7.56. The van der Waals surface area contributed by atoms with Crippen molar-refractivity contribution in [1.29, 1.82) is 0 Å². The van der Waals surface area contributed by atoms with Gasteiger partial charge in [-0.25, -0.2) is 9.59 Å². The number of imide groups is 2. The van der Waals surface area contributed by atoms with E-state index in [2.05, 4.69) is 16.0 Å².